The predicted octanol–water partition coefficient (Wildman–Crippen LogP) is 1.55. The van der Waals surface area contributed by atoms with Gasteiger partial charge in [-0.05, 0) is 13.3 Å². The van der Waals surface area contributed by atoms with Crippen molar-refractivity contribution in [2.24, 2.45) is 0 Å². The summed E-state index contributed by atoms with van der Waals surface area (Å²) in [5.74, 6) is -1.43. The Balaban J connectivity index is 3.92. The Bertz CT molecular complexity index is 195. The highest BCUT2D eigenvalue weighted by Gasteiger charge is 2.23. The molecule has 0 heterocycles. The molecule has 2 unspecified atom stereocenters. The van der Waals surface area contributed by atoms with Crippen LogP contribution in [0.1, 0.15) is 13.3 Å². The Morgan fingerprint density at radius 3 is 2.31 bits per heavy atom. The first-order valence-electron chi connectivity index (χ1n) is 3.66. The number of alkyl halides is 2. The highest BCUT2D eigenvalue weighted by Crippen LogP contribution is 2.16. The van der Waals surface area contributed by atoms with Crippen LogP contribution in [0.5, 0.6) is 0 Å². The van der Waals surface area contributed by atoms with Crippen LogP contribution in [0.25, 0.3) is 0 Å². The van der Waals surface area contributed by atoms with Gasteiger partial charge < -0.3 is 9.84 Å². The van der Waals surface area contributed by atoms with Crippen molar-refractivity contribution in [3.8, 4) is 0 Å². The number of carboxylic acid groups (broad SMARTS) is 1. The molecular weight excluding hydrogens is 308 g/mol. The lowest BCUT2D eigenvalue weighted by Gasteiger charge is -2.10. The van der Waals surface area contributed by atoms with E-state index in [1.165, 1.54) is 0 Å². The molecule has 2 atom stereocenters. The van der Waals surface area contributed by atoms with Gasteiger partial charge in [0.1, 0.15) is 9.65 Å². The Morgan fingerprint density at radius 1 is 1.38 bits per heavy atom. The van der Waals surface area contributed by atoms with Crippen LogP contribution in [-0.2, 0) is 14.3 Å². The topological polar surface area (TPSA) is 63.6 Å². The third kappa shape index (κ3) is 5.25. The molecule has 0 bridgehead atoms. The number of rotatable bonds is 5. The van der Waals surface area contributed by atoms with Crippen LogP contribution in [0.3, 0.4) is 0 Å². The van der Waals surface area contributed by atoms with Crippen molar-refractivity contribution in [2.75, 3.05) is 6.61 Å². The molecule has 0 aliphatic carbocycles. The molecule has 4 nitrogen and oxygen atoms in total. The minimum absolute atomic E-state index is 0.161. The van der Waals surface area contributed by atoms with Gasteiger partial charge >= 0.3 is 11.9 Å². The van der Waals surface area contributed by atoms with Crippen LogP contribution in [0.15, 0.2) is 0 Å². The summed E-state index contributed by atoms with van der Waals surface area (Å²) in [7, 11) is 0. The summed E-state index contributed by atoms with van der Waals surface area (Å²) in [4.78, 5) is 20.1. The molecule has 76 valence electrons. The van der Waals surface area contributed by atoms with Crippen LogP contribution in [0, 0.1) is 0 Å². The highest BCUT2D eigenvalue weighted by atomic mass is 79.9. The van der Waals surface area contributed by atoms with E-state index in [-0.39, 0.29) is 6.42 Å². The third-order valence-electron chi connectivity index (χ3n) is 1.22. The van der Waals surface area contributed by atoms with E-state index in [0.29, 0.717) is 6.61 Å². The largest absolute Gasteiger partial charge is 0.480 e. The van der Waals surface area contributed by atoms with E-state index < -0.39 is 21.6 Å². The fraction of sp³-hybridized carbons (Fsp3) is 0.714. The third-order valence-corrected chi connectivity index (χ3v) is 2.74. The molecule has 13 heavy (non-hydrogen) atoms. The second-order valence-corrected chi connectivity index (χ2v) is 4.47. The standard InChI is InChI=1S/C7H10Br2O4/c1-2-13-7(12)5(9)3-4(8)6(10)11/h4-5H,2-3H2,1H3,(H,10,11). The lowest BCUT2D eigenvalue weighted by atomic mass is 10.2. The molecule has 0 fully saturated rings. The summed E-state index contributed by atoms with van der Waals surface area (Å²) < 4.78 is 4.68. The number of ether oxygens (including phenoxy) is 1. The first kappa shape index (κ1) is 12.9. The second-order valence-electron chi connectivity index (χ2n) is 2.26. The molecule has 0 aliphatic heterocycles. The molecule has 0 amide bonds. The van der Waals surface area contributed by atoms with Crippen molar-refractivity contribution in [1.82, 2.24) is 0 Å². The van der Waals surface area contributed by atoms with Gasteiger partial charge in [0.2, 0.25) is 0 Å². The maximum atomic E-state index is 11.0. The fourth-order valence-corrected chi connectivity index (χ4v) is 1.99. The van der Waals surface area contributed by atoms with Crippen molar-refractivity contribution in [1.29, 1.82) is 0 Å². The van der Waals surface area contributed by atoms with Crippen LogP contribution < -0.4 is 0 Å². The summed E-state index contributed by atoms with van der Waals surface area (Å²) in [6.45, 7) is 1.99. The normalized spacial score (nSPS) is 14.7. The maximum Gasteiger partial charge on any atom is 0.319 e. The predicted molar refractivity (Wildman–Crippen MR) is 54.3 cm³/mol. The second kappa shape index (κ2) is 6.37. The van der Waals surface area contributed by atoms with Crippen LogP contribution >= 0.6 is 31.9 Å². The molecule has 0 aromatic heterocycles. The smallest absolute Gasteiger partial charge is 0.319 e. The van der Waals surface area contributed by atoms with Gasteiger partial charge in [0.25, 0.3) is 0 Å². The van der Waals surface area contributed by atoms with Gasteiger partial charge in [-0.1, -0.05) is 31.9 Å². The SMILES string of the molecule is CCOC(=O)C(Br)CC(Br)C(=O)O. The number of hydrogen-bond acceptors (Lipinski definition) is 3. The number of esters is 1. The Kier molecular flexibility index (Phi) is 6.32. The molecule has 0 saturated heterocycles. The zero-order valence-corrected chi connectivity index (χ0v) is 10.2. The zero-order chi connectivity index (χ0) is 10.4. The maximum absolute atomic E-state index is 11.0. The number of aliphatic carboxylic acids is 1. The van der Waals surface area contributed by atoms with Crippen LogP contribution in [-0.4, -0.2) is 33.3 Å². The van der Waals surface area contributed by atoms with E-state index in [0.717, 1.165) is 0 Å². The fourth-order valence-electron chi connectivity index (χ4n) is 0.611. The van der Waals surface area contributed by atoms with Gasteiger partial charge in [0.15, 0.2) is 0 Å². The summed E-state index contributed by atoms with van der Waals surface area (Å²) in [6, 6.07) is 0. The molecule has 0 saturated carbocycles. The van der Waals surface area contributed by atoms with Crippen LogP contribution in [0.4, 0.5) is 0 Å². The van der Waals surface area contributed by atoms with Gasteiger partial charge in [-0.2, -0.15) is 0 Å². The van der Waals surface area contributed by atoms with E-state index in [1.54, 1.807) is 6.92 Å². The number of carboxylic acids is 1. The minimum atomic E-state index is -0.992. The quantitative estimate of drug-likeness (QED) is 0.617. The molecule has 0 aliphatic rings. The van der Waals surface area contributed by atoms with E-state index in [2.05, 4.69) is 36.6 Å². The minimum Gasteiger partial charge on any atom is -0.480 e. The molecular formula is C7H10Br2O4. The summed E-state index contributed by atoms with van der Waals surface area (Å²) in [6.07, 6.45) is 0.161. The first-order valence-corrected chi connectivity index (χ1v) is 5.49. The van der Waals surface area contributed by atoms with Crippen molar-refractivity contribution in [3.63, 3.8) is 0 Å². The Morgan fingerprint density at radius 2 is 1.92 bits per heavy atom. The highest BCUT2D eigenvalue weighted by molar-refractivity contribution is 9.10. The molecule has 0 aromatic rings. The summed E-state index contributed by atoms with van der Waals surface area (Å²) in [5.41, 5.74) is 0. The zero-order valence-electron chi connectivity index (χ0n) is 7.00. The van der Waals surface area contributed by atoms with Crippen molar-refractivity contribution < 1.29 is 19.4 Å². The lowest BCUT2D eigenvalue weighted by Crippen LogP contribution is -2.24. The molecule has 6 heteroatoms. The summed E-state index contributed by atoms with van der Waals surface area (Å²) >= 11 is 5.97. The van der Waals surface area contributed by atoms with Gasteiger partial charge in [0, 0.05) is 0 Å². The van der Waals surface area contributed by atoms with Gasteiger partial charge in [0.05, 0.1) is 6.61 Å². The summed E-state index contributed by atoms with van der Waals surface area (Å²) in [5, 5.41) is 8.52. The number of hydrogen-bond donors (Lipinski definition) is 1. The first-order chi connectivity index (χ1) is 5.99. The van der Waals surface area contributed by atoms with E-state index in [4.69, 9.17) is 5.11 Å². The van der Waals surface area contributed by atoms with E-state index >= 15 is 0 Å². The van der Waals surface area contributed by atoms with E-state index in [1.807, 2.05) is 0 Å². The average molecular weight is 318 g/mol. The number of carbonyl (C=O) groups excluding carboxylic acids is 1. The molecule has 0 rings (SSSR count). The monoisotopic (exact) mass is 316 g/mol. The average Bonchev–Trinajstić information content (AvgIpc) is 2.04. The van der Waals surface area contributed by atoms with Crippen LogP contribution in [0.2, 0.25) is 0 Å². The van der Waals surface area contributed by atoms with Gasteiger partial charge in [-0.15, -0.1) is 0 Å². The Labute approximate surface area is 92.9 Å². The molecule has 0 aromatic carbocycles. The van der Waals surface area contributed by atoms with Gasteiger partial charge in [-0.25, -0.2) is 0 Å². The lowest BCUT2D eigenvalue weighted by molar-refractivity contribution is -0.142. The molecule has 0 radical (unpaired) electrons. The van der Waals surface area contributed by atoms with E-state index in [9.17, 15) is 9.59 Å². The van der Waals surface area contributed by atoms with Crippen molar-refractivity contribution in [2.45, 2.75) is 23.0 Å². The van der Waals surface area contributed by atoms with Crippen molar-refractivity contribution >= 4 is 43.8 Å². The van der Waals surface area contributed by atoms with Crippen molar-refractivity contribution in [3.05, 3.63) is 0 Å². The van der Waals surface area contributed by atoms with Gasteiger partial charge in [-0.3, -0.25) is 9.59 Å². The molecule has 0 spiro atoms. The number of carbonyl (C=O) groups is 2. The number of halogens is 2. The molecule has 1 N–H and O–H groups in total. The Hall–Kier alpha value is -0.100.